The lowest BCUT2D eigenvalue weighted by Gasteiger charge is -2.30. The van der Waals surface area contributed by atoms with Crippen molar-refractivity contribution >= 4 is 17.8 Å². The predicted octanol–water partition coefficient (Wildman–Crippen LogP) is 2.24. The lowest BCUT2D eigenvalue weighted by molar-refractivity contribution is -0.148. The van der Waals surface area contributed by atoms with Gasteiger partial charge in [0, 0.05) is 13.0 Å². The molecule has 0 radical (unpaired) electrons. The van der Waals surface area contributed by atoms with Crippen LogP contribution >= 0.6 is 0 Å². The van der Waals surface area contributed by atoms with Crippen LogP contribution in [0, 0.1) is 0 Å². The summed E-state index contributed by atoms with van der Waals surface area (Å²) in [6.07, 6.45) is 0.446. The number of benzene rings is 2. The Hall–Kier alpha value is -3.15. The first-order valence-electron chi connectivity index (χ1n) is 8.88. The second kappa shape index (κ2) is 9.52. The van der Waals surface area contributed by atoms with Gasteiger partial charge in [0.2, 0.25) is 11.8 Å². The van der Waals surface area contributed by atoms with E-state index in [4.69, 9.17) is 0 Å². The number of rotatable bonds is 9. The highest BCUT2D eigenvalue weighted by Gasteiger charge is 2.39. The zero-order valence-electron chi connectivity index (χ0n) is 15.3. The van der Waals surface area contributed by atoms with Crippen molar-refractivity contribution in [3.8, 4) is 0 Å². The number of amides is 2. The fraction of sp³-hybridized carbons (Fsp3) is 0.286. The molecule has 6 nitrogen and oxygen atoms in total. The third-order valence-electron chi connectivity index (χ3n) is 4.40. The molecule has 6 heteroatoms. The predicted molar refractivity (Wildman–Crippen MR) is 102 cm³/mol. The van der Waals surface area contributed by atoms with E-state index in [1.54, 1.807) is 37.3 Å². The van der Waals surface area contributed by atoms with Gasteiger partial charge < -0.3 is 15.7 Å². The van der Waals surface area contributed by atoms with Crippen molar-refractivity contribution in [1.82, 2.24) is 10.6 Å². The summed E-state index contributed by atoms with van der Waals surface area (Å²) in [5.41, 5.74) is -0.0762. The molecule has 0 heterocycles. The molecule has 0 fully saturated rings. The summed E-state index contributed by atoms with van der Waals surface area (Å²) in [7, 11) is 0. The number of carbonyl (C=O) groups is 3. The molecular formula is C21H24N2O4. The van der Waals surface area contributed by atoms with E-state index in [1.165, 1.54) is 0 Å². The summed E-state index contributed by atoms with van der Waals surface area (Å²) in [6.45, 7) is 1.86. The molecule has 0 aromatic heterocycles. The van der Waals surface area contributed by atoms with Gasteiger partial charge in [-0.2, -0.15) is 0 Å². The molecule has 0 saturated heterocycles. The fourth-order valence-corrected chi connectivity index (χ4v) is 2.88. The molecule has 0 bridgehead atoms. The largest absolute Gasteiger partial charge is 0.479 e. The van der Waals surface area contributed by atoms with Crippen LogP contribution in [0.1, 0.15) is 30.9 Å². The Bertz CT molecular complexity index is 777. The molecule has 2 aromatic rings. The minimum atomic E-state index is -1.48. The molecule has 1 atom stereocenters. The molecule has 0 aliphatic rings. The van der Waals surface area contributed by atoms with Crippen LogP contribution in [0.15, 0.2) is 60.7 Å². The first kappa shape index (κ1) is 20.2. The van der Waals surface area contributed by atoms with Gasteiger partial charge in [0.1, 0.15) is 0 Å². The van der Waals surface area contributed by atoms with E-state index >= 15 is 0 Å². The van der Waals surface area contributed by atoms with Gasteiger partial charge >= 0.3 is 5.97 Å². The van der Waals surface area contributed by atoms with Gasteiger partial charge in [0.15, 0.2) is 5.54 Å². The normalized spacial score (nSPS) is 12.6. The van der Waals surface area contributed by atoms with Crippen molar-refractivity contribution in [3.05, 3.63) is 71.8 Å². The fourth-order valence-electron chi connectivity index (χ4n) is 2.88. The van der Waals surface area contributed by atoms with Crippen LogP contribution in [0.4, 0.5) is 0 Å². The zero-order valence-corrected chi connectivity index (χ0v) is 15.3. The maximum atomic E-state index is 12.3. The molecule has 0 aliphatic heterocycles. The second-order valence-electron chi connectivity index (χ2n) is 6.24. The summed E-state index contributed by atoms with van der Waals surface area (Å²) in [5, 5.41) is 15.0. The highest BCUT2D eigenvalue weighted by Crippen LogP contribution is 2.25. The molecule has 27 heavy (non-hydrogen) atoms. The maximum absolute atomic E-state index is 12.3. The molecular weight excluding hydrogens is 344 g/mol. The number of carboxylic acid groups (broad SMARTS) is 1. The molecule has 2 aromatic carbocycles. The molecule has 0 saturated carbocycles. The minimum absolute atomic E-state index is 0.00237. The average Bonchev–Trinajstić information content (AvgIpc) is 2.67. The monoisotopic (exact) mass is 368 g/mol. The summed E-state index contributed by atoms with van der Waals surface area (Å²) >= 11 is 0. The SMILES string of the molecule is CCC(NC(=O)CCNC(=O)Cc1ccccc1)(C(=O)O)c1ccccc1. The topological polar surface area (TPSA) is 95.5 Å². The highest BCUT2D eigenvalue weighted by molar-refractivity contribution is 5.88. The Morgan fingerprint density at radius 2 is 1.52 bits per heavy atom. The third-order valence-corrected chi connectivity index (χ3v) is 4.40. The van der Waals surface area contributed by atoms with Crippen molar-refractivity contribution < 1.29 is 19.5 Å². The molecule has 3 N–H and O–H groups in total. The van der Waals surface area contributed by atoms with Gasteiger partial charge in [-0.1, -0.05) is 67.6 Å². The molecule has 2 rings (SSSR count). The summed E-state index contributed by atoms with van der Waals surface area (Å²) < 4.78 is 0. The zero-order chi connectivity index (χ0) is 19.7. The number of carbonyl (C=O) groups excluding carboxylic acids is 2. The lowest BCUT2D eigenvalue weighted by atomic mass is 9.87. The standard InChI is InChI=1S/C21H24N2O4/c1-2-21(20(26)27,17-11-7-4-8-12-17)23-18(24)13-14-22-19(25)15-16-9-5-3-6-10-16/h3-12H,2,13-15H2,1H3,(H,22,25)(H,23,24)(H,26,27). The summed E-state index contributed by atoms with van der Waals surface area (Å²) in [5.74, 6) is -1.72. The van der Waals surface area contributed by atoms with Crippen molar-refractivity contribution in [3.63, 3.8) is 0 Å². The quantitative estimate of drug-likeness (QED) is 0.632. The summed E-state index contributed by atoms with van der Waals surface area (Å²) in [4.78, 5) is 36.1. The van der Waals surface area contributed by atoms with Crippen LogP contribution in [-0.4, -0.2) is 29.4 Å². The molecule has 142 valence electrons. The molecule has 2 amide bonds. The summed E-state index contributed by atoms with van der Waals surface area (Å²) in [6, 6.07) is 17.9. The van der Waals surface area contributed by atoms with E-state index in [1.807, 2.05) is 30.3 Å². The number of hydrogen-bond donors (Lipinski definition) is 3. The third kappa shape index (κ3) is 5.41. The minimum Gasteiger partial charge on any atom is -0.479 e. The number of hydrogen-bond acceptors (Lipinski definition) is 3. The van der Waals surface area contributed by atoms with Gasteiger partial charge in [-0.25, -0.2) is 4.79 Å². The average molecular weight is 368 g/mol. The lowest BCUT2D eigenvalue weighted by Crippen LogP contribution is -2.52. The van der Waals surface area contributed by atoms with Gasteiger partial charge in [-0.3, -0.25) is 9.59 Å². The van der Waals surface area contributed by atoms with E-state index in [2.05, 4.69) is 10.6 Å². The van der Waals surface area contributed by atoms with Crippen molar-refractivity contribution in [2.75, 3.05) is 6.54 Å². The first-order chi connectivity index (χ1) is 13.0. The maximum Gasteiger partial charge on any atom is 0.334 e. The van der Waals surface area contributed by atoms with Crippen LogP contribution in [0.2, 0.25) is 0 Å². The number of aliphatic carboxylic acids is 1. The smallest absolute Gasteiger partial charge is 0.334 e. The Labute approximate surface area is 158 Å². The molecule has 0 aliphatic carbocycles. The van der Waals surface area contributed by atoms with E-state index in [-0.39, 0.29) is 31.7 Å². The van der Waals surface area contributed by atoms with Crippen LogP contribution in [0.25, 0.3) is 0 Å². The van der Waals surface area contributed by atoms with E-state index < -0.39 is 17.4 Å². The van der Waals surface area contributed by atoms with E-state index in [0.717, 1.165) is 5.56 Å². The van der Waals surface area contributed by atoms with Crippen molar-refractivity contribution in [2.45, 2.75) is 31.7 Å². The van der Waals surface area contributed by atoms with Crippen molar-refractivity contribution in [2.24, 2.45) is 0 Å². The molecule has 0 spiro atoms. The Kier molecular flexibility index (Phi) is 7.11. The second-order valence-corrected chi connectivity index (χ2v) is 6.24. The Morgan fingerprint density at radius 1 is 0.926 bits per heavy atom. The number of nitrogens with one attached hydrogen (secondary N) is 2. The van der Waals surface area contributed by atoms with Gasteiger partial charge in [-0.15, -0.1) is 0 Å². The van der Waals surface area contributed by atoms with Crippen LogP contribution in [-0.2, 0) is 26.3 Å². The highest BCUT2D eigenvalue weighted by atomic mass is 16.4. The molecule has 1 unspecified atom stereocenters. The van der Waals surface area contributed by atoms with Gasteiger partial charge in [0.25, 0.3) is 0 Å². The Morgan fingerprint density at radius 3 is 2.07 bits per heavy atom. The van der Waals surface area contributed by atoms with Crippen LogP contribution in [0.3, 0.4) is 0 Å². The van der Waals surface area contributed by atoms with E-state index in [0.29, 0.717) is 5.56 Å². The van der Waals surface area contributed by atoms with Gasteiger partial charge in [-0.05, 0) is 17.5 Å². The van der Waals surface area contributed by atoms with Gasteiger partial charge in [0.05, 0.1) is 6.42 Å². The Balaban J connectivity index is 1.91. The van der Waals surface area contributed by atoms with E-state index in [9.17, 15) is 19.5 Å². The first-order valence-corrected chi connectivity index (χ1v) is 8.88. The van der Waals surface area contributed by atoms with Crippen molar-refractivity contribution in [1.29, 1.82) is 0 Å². The number of carboxylic acids is 1. The van der Waals surface area contributed by atoms with Crippen LogP contribution in [0.5, 0.6) is 0 Å². The van der Waals surface area contributed by atoms with Crippen LogP contribution < -0.4 is 10.6 Å².